The second-order valence-electron chi connectivity index (χ2n) is 5.37. The monoisotopic (exact) mass is 239 g/mol. The van der Waals surface area contributed by atoms with Crippen molar-refractivity contribution in [3.63, 3.8) is 0 Å². The van der Waals surface area contributed by atoms with Crippen molar-refractivity contribution in [1.29, 1.82) is 0 Å². The topological polar surface area (TPSA) is 12.0 Å². The lowest BCUT2D eigenvalue weighted by Crippen LogP contribution is -2.09. The number of hydrogen-bond acceptors (Lipinski definition) is 1. The maximum Gasteiger partial charge on any atom is 0.0107 e. The summed E-state index contributed by atoms with van der Waals surface area (Å²) in [5.74, 6) is 0. The molecule has 1 aromatic carbocycles. The third-order valence-corrected chi connectivity index (χ3v) is 4.23. The summed E-state index contributed by atoms with van der Waals surface area (Å²) in [6, 6.07) is 7.05. The molecule has 0 fully saturated rings. The van der Waals surface area contributed by atoms with E-state index in [1.165, 1.54) is 49.8 Å². The quantitative estimate of drug-likeness (QED) is 0.847. The smallest absolute Gasteiger partial charge is 0.0107 e. The van der Waals surface area contributed by atoms with Crippen LogP contribution in [-0.2, 0) is 19.3 Å². The van der Waals surface area contributed by atoms with E-state index in [0.29, 0.717) is 0 Å². The number of nitrogens with one attached hydrogen (secondary N) is 1. The van der Waals surface area contributed by atoms with Gasteiger partial charge in [-0.2, -0.15) is 0 Å². The molecule has 0 aromatic heterocycles. The second kappa shape index (κ2) is 5.01. The third-order valence-electron chi connectivity index (χ3n) is 4.23. The van der Waals surface area contributed by atoms with E-state index in [0.717, 1.165) is 0 Å². The average molecular weight is 239 g/mol. The number of aryl methyl sites for hydroxylation is 3. The largest absolute Gasteiger partial charge is 0.391 e. The maximum atomic E-state index is 3.24. The minimum atomic E-state index is 1.17. The van der Waals surface area contributed by atoms with Crippen LogP contribution in [0.15, 0.2) is 41.6 Å². The SMILES string of the molecule is CNC1=CC=C(CCc2ccc3c(c2)CC3)CC1. The van der Waals surface area contributed by atoms with E-state index in [-0.39, 0.29) is 0 Å². The third kappa shape index (κ3) is 2.35. The highest BCUT2D eigenvalue weighted by Gasteiger charge is 2.13. The molecular weight excluding hydrogens is 218 g/mol. The van der Waals surface area contributed by atoms with Crippen molar-refractivity contribution in [2.24, 2.45) is 0 Å². The van der Waals surface area contributed by atoms with E-state index in [1.54, 1.807) is 16.7 Å². The zero-order valence-corrected chi connectivity index (χ0v) is 11.1. The molecule has 94 valence electrons. The molecule has 2 aliphatic carbocycles. The molecule has 0 saturated heterocycles. The number of allylic oxidation sites excluding steroid dienone is 4. The van der Waals surface area contributed by atoms with Gasteiger partial charge < -0.3 is 5.32 Å². The number of rotatable bonds is 4. The second-order valence-corrected chi connectivity index (χ2v) is 5.37. The van der Waals surface area contributed by atoms with Crippen LogP contribution < -0.4 is 5.32 Å². The van der Waals surface area contributed by atoms with Crippen molar-refractivity contribution in [1.82, 2.24) is 5.32 Å². The van der Waals surface area contributed by atoms with Gasteiger partial charge in [0.1, 0.15) is 0 Å². The molecule has 0 amide bonds. The highest BCUT2D eigenvalue weighted by molar-refractivity contribution is 5.39. The summed E-state index contributed by atoms with van der Waals surface area (Å²) < 4.78 is 0. The van der Waals surface area contributed by atoms with Crippen molar-refractivity contribution in [3.8, 4) is 0 Å². The van der Waals surface area contributed by atoms with Gasteiger partial charge in [-0.25, -0.2) is 0 Å². The fraction of sp³-hybridized carbons (Fsp3) is 0.412. The van der Waals surface area contributed by atoms with Crippen molar-refractivity contribution < 1.29 is 0 Å². The average Bonchev–Trinajstić information content (AvgIpc) is 2.39. The maximum absolute atomic E-state index is 3.24. The van der Waals surface area contributed by atoms with Crippen LogP contribution in [0, 0.1) is 0 Å². The molecule has 1 heteroatoms. The summed E-state index contributed by atoms with van der Waals surface area (Å²) in [5.41, 5.74) is 7.62. The lowest BCUT2D eigenvalue weighted by atomic mass is 9.86. The first kappa shape index (κ1) is 11.6. The van der Waals surface area contributed by atoms with Crippen molar-refractivity contribution in [2.75, 3.05) is 7.05 Å². The van der Waals surface area contributed by atoms with E-state index < -0.39 is 0 Å². The molecule has 1 aromatic rings. The molecule has 2 aliphatic rings. The zero-order chi connectivity index (χ0) is 12.4. The molecule has 0 saturated carbocycles. The van der Waals surface area contributed by atoms with Gasteiger partial charge in [-0.05, 0) is 61.3 Å². The summed E-state index contributed by atoms with van der Waals surface area (Å²) in [6.07, 6.45) is 11.9. The Labute approximate surface area is 110 Å². The summed E-state index contributed by atoms with van der Waals surface area (Å²) in [7, 11) is 2.01. The van der Waals surface area contributed by atoms with Crippen molar-refractivity contribution >= 4 is 0 Å². The van der Waals surface area contributed by atoms with E-state index in [1.807, 2.05) is 7.05 Å². The van der Waals surface area contributed by atoms with Gasteiger partial charge in [-0.15, -0.1) is 0 Å². The fourth-order valence-corrected chi connectivity index (χ4v) is 2.81. The number of benzene rings is 1. The molecule has 0 atom stereocenters. The molecule has 0 heterocycles. The van der Waals surface area contributed by atoms with Crippen LogP contribution in [0.5, 0.6) is 0 Å². The summed E-state index contributed by atoms with van der Waals surface area (Å²) in [4.78, 5) is 0. The van der Waals surface area contributed by atoms with Crippen LogP contribution in [-0.4, -0.2) is 7.05 Å². The molecule has 18 heavy (non-hydrogen) atoms. The summed E-state index contributed by atoms with van der Waals surface area (Å²) >= 11 is 0. The molecule has 1 nitrogen and oxygen atoms in total. The van der Waals surface area contributed by atoms with Gasteiger partial charge in [0.15, 0.2) is 0 Å². The highest BCUT2D eigenvalue weighted by atomic mass is 14.8. The van der Waals surface area contributed by atoms with Crippen molar-refractivity contribution in [3.05, 3.63) is 58.3 Å². The normalized spacial score (nSPS) is 17.4. The molecule has 0 radical (unpaired) electrons. The Morgan fingerprint density at radius 1 is 0.944 bits per heavy atom. The lowest BCUT2D eigenvalue weighted by Gasteiger charge is -2.20. The zero-order valence-electron chi connectivity index (χ0n) is 11.1. The van der Waals surface area contributed by atoms with Crippen LogP contribution in [0.4, 0.5) is 0 Å². The Bertz CT molecular complexity index is 508. The lowest BCUT2D eigenvalue weighted by molar-refractivity contribution is 0.768. The number of fused-ring (bicyclic) bond motifs is 1. The Hall–Kier alpha value is -1.50. The molecular formula is C17H21N. The fourth-order valence-electron chi connectivity index (χ4n) is 2.81. The first-order chi connectivity index (χ1) is 8.85. The Morgan fingerprint density at radius 2 is 1.83 bits per heavy atom. The molecule has 0 spiro atoms. The van der Waals surface area contributed by atoms with Gasteiger partial charge in [0.2, 0.25) is 0 Å². The standard InChI is InChI=1S/C17H21N/c1-18-17-10-5-13(6-11-17)2-3-14-4-7-15-8-9-16(15)12-14/h4-5,7,10,12,18H,2-3,6,8-9,11H2,1H3. The van der Waals surface area contributed by atoms with Gasteiger partial charge in [0, 0.05) is 12.7 Å². The Morgan fingerprint density at radius 3 is 2.44 bits per heavy atom. The summed E-state index contributed by atoms with van der Waals surface area (Å²) in [5, 5.41) is 3.24. The van der Waals surface area contributed by atoms with Gasteiger partial charge in [-0.3, -0.25) is 0 Å². The van der Waals surface area contributed by atoms with Crippen LogP contribution in [0.1, 0.15) is 36.0 Å². The minimum absolute atomic E-state index is 1.17. The highest BCUT2D eigenvalue weighted by Crippen LogP contribution is 2.26. The van der Waals surface area contributed by atoms with Gasteiger partial charge in [0.25, 0.3) is 0 Å². The molecule has 0 unspecified atom stereocenters. The van der Waals surface area contributed by atoms with E-state index in [2.05, 4.69) is 35.7 Å². The first-order valence-electron chi connectivity index (χ1n) is 7.02. The number of hydrogen-bond donors (Lipinski definition) is 1. The van der Waals surface area contributed by atoms with Crippen molar-refractivity contribution in [2.45, 2.75) is 38.5 Å². The van der Waals surface area contributed by atoms with Gasteiger partial charge in [0.05, 0.1) is 0 Å². The Balaban J connectivity index is 1.59. The molecule has 0 bridgehead atoms. The van der Waals surface area contributed by atoms with E-state index >= 15 is 0 Å². The molecule has 3 rings (SSSR count). The van der Waals surface area contributed by atoms with Crippen LogP contribution in [0.2, 0.25) is 0 Å². The Kier molecular flexibility index (Phi) is 3.22. The van der Waals surface area contributed by atoms with E-state index in [9.17, 15) is 0 Å². The van der Waals surface area contributed by atoms with Gasteiger partial charge >= 0.3 is 0 Å². The first-order valence-corrected chi connectivity index (χ1v) is 7.02. The van der Waals surface area contributed by atoms with E-state index in [4.69, 9.17) is 0 Å². The molecule has 0 aliphatic heterocycles. The predicted octanol–water partition coefficient (Wildman–Crippen LogP) is 3.54. The van der Waals surface area contributed by atoms with Crippen LogP contribution in [0.3, 0.4) is 0 Å². The minimum Gasteiger partial charge on any atom is -0.391 e. The molecule has 1 N–H and O–H groups in total. The van der Waals surface area contributed by atoms with Gasteiger partial charge in [-0.1, -0.05) is 29.8 Å². The summed E-state index contributed by atoms with van der Waals surface area (Å²) in [6.45, 7) is 0. The van der Waals surface area contributed by atoms with Crippen LogP contribution in [0.25, 0.3) is 0 Å². The van der Waals surface area contributed by atoms with Crippen LogP contribution >= 0.6 is 0 Å². The predicted molar refractivity (Wildman–Crippen MR) is 76.6 cm³/mol.